The first-order chi connectivity index (χ1) is 12.6. The van der Waals surface area contributed by atoms with Crippen molar-refractivity contribution in [1.29, 1.82) is 0 Å². The lowest BCUT2D eigenvalue weighted by Gasteiger charge is -2.43. The van der Waals surface area contributed by atoms with Crippen molar-refractivity contribution in [3.8, 4) is 0 Å². The van der Waals surface area contributed by atoms with Gasteiger partial charge in [-0.15, -0.1) is 0 Å². The SMILES string of the molecule is COC(=O)C1(C(=O)OC)Cc2ccccc2C2(C=Nc3ccccc32)C1. The maximum Gasteiger partial charge on any atom is 0.323 e. The molecule has 1 aliphatic heterocycles. The van der Waals surface area contributed by atoms with Gasteiger partial charge in [0.1, 0.15) is 0 Å². The first-order valence-corrected chi connectivity index (χ1v) is 8.47. The fourth-order valence-electron chi connectivity index (χ4n) is 4.40. The molecular weight excluding hydrogens is 330 g/mol. The van der Waals surface area contributed by atoms with Gasteiger partial charge in [-0.25, -0.2) is 0 Å². The Morgan fingerprint density at radius 1 is 0.923 bits per heavy atom. The first kappa shape index (κ1) is 16.5. The van der Waals surface area contributed by atoms with Crippen molar-refractivity contribution in [1.82, 2.24) is 0 Å². The second kappa shape index (κ2) is 5.80. The molecule has 0 aromatic heterocycles. The van der Waals surface area contributed by atoms with Crippen molar-refractivity contribution in [2.24, 2.45) is 10.4 Å². The normalized spacial score (nSPS) is 21.8. The number of benzene rings is 2. The maximum atomic E-state index is 12.8. The van der Waals surface area contributed by atoms with Crippen LogP contribution in [0.5, 0.6) is 0 Å². The van der Waals surface area contributed by atoms with Gasteiger partial charge in [-0.05, 0) is 35.6 Å². The van der Waals surface area contributed by atoms with Gasteiger partial charge in [0.2, 0.25) is 0 Å². The van der Waals surface area contributed by atoms with Gasteiger partial charge >= 0.3 is 11.9 Å². The van der Waals surface area contributed by atoms with Crippen LogP contribution in [-0.2, 0) is 30.9 Å². The van der Waals surface area contributed by atoms with E-state index in [4.69, 9.17) is 9.47 Å². The molecule has 1 unspecified atom stereocenters. The van der Waals surface area contributed by atoms with Crippen molar-refractivity contribution < 1.29 is 19.1 Å². The number of carbonyl (C=O) groups is 2. The molecule has 132 valence electrons. The topological polar surface area (TPSA) is 65.0 Å². The van der Waals surface area contributed by atoms with E-state index < -0.39 is 22.8 Å². The zero-order valence-electron chi connectivity index (χ0n) is 14.7. The summed E-state index contributed by atoms with van der Waals surface area (Å²) in [5.74, 6) is -1.15. The van der Waals surface area contributed by atoms with Crippen molar-refractivity contribution in [2.45, 2.75) is 18.3 Å². The summed E-state index contributed by atoms with van der Waals surface area (Å²) in [5.41, 5.74) is 1.78. The summed E-state index contributed by atoms with van der Waals surface area (Å²) in [6, 6.07) is 15.7. The Morgan fingerprint density at radius 2 is 1.54 bits per heavy atom. The fourth-order valence-corrected chi connectivity index (χ4v) is 4.40. The third-order valence-corrected chi connectivity index (χ3v) is 5.53. The minimum Gasteiger partial charge on any atom is -0.468 e. The number of rotatable bonds is 2. The Kier molecular flexibility index (Phi) is 3.68. The molecule has 1 aliphatic carbocycles. The highest BCUT2D eigenvalue weighted by atomic mass is 16.5. The molecule has 0 radical (unpaired) electrons. The fraction of sp³-hybridized carbons (Fsp3) is 0.286. The molecule has 2 aromatic carbocycles. The Balaban J connectivity index is 2.00. The molecule has 2 aliphatic rings. The van der Waals surface area contributed by atoms with Gasteiger partial charge in [0, 0.05) is 6.21 Å². The van der Waals surface area contributed by atoms with Gasteiger partial charge in [-0.3, -0.25) is 14.6 Å². The number of methoxy groups -OCH3 is 2. The molecule has 1 spiro atoms. The molecule has 0 bridgehead atoms. The molecule has 0 amide bonds. The van der Waals surface area contributed by atoms with Crippen molar-refractivity contribution in [2.75, 3.05) is 14.2 Å². The third-order valence-electron chi connectivity index (χ3n) is 5.53. The number of esters is 2. The van der Waals surface area contributed by atoms with E-state index in [9.17, 15) is 9.59 Å². The monoisotopic (exact) mass is 349 g/mol. The van der Waals surface area contributed by atoms with Gasteiger partial charge < -0.3 is 9.47 Å². The minimum atomic E-state index is -1.40. The van der Waals surface area contributed by atoms with Crippen molar-refractivity contribution >= 4 is 23.8 Å². The van der Waals surface area contributed by atoms with E-state index in [2.05, 4.69) is 4.99 Å². The van der Waals surface area contributed by atoms with E-state index in [1.165, 1.54) is 14.2 Å². The van der Waals surface area contributed by atoms with Gasteiger partial charge in [-0.1, -0.05) is 42.5 Å². The van der Waals surface area contributed by atoms with Gasteiger partial charge in [-0.2, -0.15) is 0 Å². The highest BCUT2D eigenvalue weighted by Crippen LogP contribution is 2.54. The van der Waals surface area contributed by atoms with Crippen LogP contribution in [-0.4, -0.2) is 32.4 Å². The summed E-state index contributed by atoms with van der Waals surface area (Å²) in [7, 11) is 2.60. The van der Waals surface area contributed by atoms with Crippen LogP contribution >= 0.6 is 0 Å². The van der Waals surface area contributed by atoms with Crippen molar-refractivity contribution in [3.05, 3.63) is 65.2 Å². The molecule has 2 aromatic rings. The number of carbonyl (C=O) groups excluding carboxylic acids is 2. The number of hydrogen-bond acceptors (Lipinski definition) is 5. The number of para-hydroxylation sites is 1. The summed E-state index contributed by atoms with van der Waals surface area (Å²) in [4.78, 5) is 30.1. The summed E-state index contributed by atoms with van der Waals surface area (Å²) < 4.78 is 10.1. The quantitative estimate of drug-likeness (QED) is 0.618. The van der Waals surface area contributed by atoms with Crippen LogP contribution < -0.4 is 0 Å². The Labute approximate surface area is 151 Å². The Bertz CT molecular complexity index is 917. The maximum absolute atomic E-state index is 12.8. The molecule has 5 heteroatoms. The zero-order chi connectivity index (χ0) is 18.4. The number of aliphatic imine (C=N–C) groups is 1. The van der Waals surface area contributed by atoms with Crippen LogP contribution in [0, 0.1) is 5.41 Å². The number of hydrogen-bond donors (Lipinski definition) is 0. The number of fused-ring (bicyclic) bond motifs is 4. The van der Waals surface area contributed by atoms with Crippen molar-refractivity contribution in [3.63, 3.8) is 0 Å². The molecule has 26 heavy (non-hydrogen) atoms. The standard InChI is InChI=1S/C21H19NO4/c1-25-18(23)20(19(24)26-2)11-14-7-3-4-8-15(14)21(12-20)13-22-17-10-6-5-9-16(17)21/h3-10,13H,11-12H2,1-2H3. The van der Waals surface area contributed by atoms with Crippen LogP contribution in [0.4, 0.5) is 5.69 Å². The Hall–Kier alpha value is -2.95. The summed E-state index contributed by atoms with van der Waals surface area (Å²) in [6.45, 7) is 0. The van der Waals surface area contributed by atoms with Crippen LogP contribution in [0.3, 0.4) is 0 Å². The van der Waals surface area contributed by atoms with Crippen LogP contribution in [0.15, 0.2) is 53.5 Å². The molecule has 0 saturated heterocycles. The van der Waals surface area contributed by atoms with Gasteiger partial charge in [0.05, 0.1) is 25.3 Å². The van der Waals surface area contributed by atoms with E-state index in [-0.39, 0.29) is 12.8 Å². The Morgan fingerprint density at radius 3 is 2.23 bits per heavy atom. The highest BCUT2D eigenvalue weighted by Gasteiger charge is 2.59. The number of nitrogens with zero attached hydrogens (tertiary/aromatic N) is 1. The first-order valence-electron chi connectivity index (χ1n) is 8.47. The average Bonchev–Trinajstić information content (AvgIpc) is 3.05. The molecule has 5 nitrogen and oxygen atoms in total. The van der Waals surface area contributed by atoms with Gasteiger partial charge in [0.25, 0.3) is 0 Å². The third kappa shape index (κ3) is 2.06. The molecule has 1 heterocycles. The van der Waals surface area contributed by atoms with Crippen LogP contribution in [0.1, 0.15) is 23.1 Å². The smallest absolute Gasteiger partial charge is 0.323 e. The highest BCUT2D eigenvalue weighted by molar-refractivity contribution is 6.03. The van der Waals surface area contributed by atoms with E-state index in [1.807, 2.05) is 54.7 Å². The van der Waals surface area contributed by atoms with Crippen LogP contribution in [0.2, 0.25) is 0 Å². The summed E-state index contributed by atoms with van der Waals surface area (Å²) in [6.07, 6.45) is 2.34. The van der Waals surface area contributed by atoms with Gasteiger partial charge in [0.15, 0.2) is 5.41 Å². The minimum absolute atomic E-state index is 0.233. The van der Waals surface area contributed by atoms with Crippen LogP contribution in [0.25, 0.3) is 0 Å². The molecule has 0 N–H and O–H groups in total. The molecule has 0 saturated carbocycles. The summed E-state index contributed by atoms with van der Waals surface area (Å²) in [5, 5.41) is 0. The second-order valence-electron chi connectivity index (χ2n) is 6.82. The second-order valence-corrected chi connectivity index (χ2v) is 6.82. The van der Waals surface area contributed by atoms with E-state index in [0.717, 1.165) is 22.4 Å². The lowest BCUT2D eigenvalue weighted by Crippen LogP contribution is -2.52. The molecule has 1 atom stereocenters. The summed E-state index contributed by atoms with van der Waals surface area (Å²) >= 11 is 0. The van der Waals surface area contributed by atoms with E-state index in [1.54, 1.807) is 0 Å². The zero-order valence-corrected chi connectivity index (χ0v) is 14.7. The predicted octanol–water partition coefficient (Wildman–Crippen LogP) is 2.97. The molecular formula is C21H19NO4. The lowest BCUT2D eigenvalue weighted by molar-refractivity contribution is -0.170. The van der Waals surface area contributed by atoms with E-state index in [0.29, 0.717) is 0 Å². The molecule has 0 fully saturated rings. The lowest BCUT2D eigenvalue weighted by atomic mass is 9.58. The molecule has 4 rings (SSSR count). The van der Waals surface area contributed by atoms with E-state index >= 15 is 0 Å². The number of ether oxygens (including phenoxy) is 2. The predicted molar refractivity (Wildman–Crippen MR) is 96.6 cm³/mol. The largest absolute Gasteiger partial charge is 0.468 e. The average molecular weight is 349 g/mol.